The molecule has 7 nitrogen and oxygen atoms in total. The van der Waals surface area contributed by atoms with Gasteiger partial charge < -0.3 is 4.74 Å². The highest BCUT2D eigenvalue weighted by atomic mass is 35.5. The molecule has 1 aliphatic rings. The molecule has 1 aliphatic heterocycles. The maximum atomic E-state index is 13.0. The molecule has 4 rings (SSSR count). The van der Waals surface area contributed by atoms with Gasteiger partial charge >= 0.3 is 0 Å². The summed E-state index contributed by atoms with van der Waals surface area (Å²) in [7, 11) is -3.82. The second-order valence-electron chi connectivity index (χ2n) is 7.59. The molecule has 0 unspecified atom stereocenters. The molecule has 1 saturated heterocycles. The predicted octanol–water partition coefficient (Wildman–Crippen LogP) is 4.20. The van der Waals surface area contributed by atoms with Crippen molar-refractivity contribution < 1.29 is 17.9 Å². The first-order valence-electron chi connectivity index (χ1n) is 10.7. The fraction of sp³-hybridized carbons (Fsp3) is 0.250. The Morgan fingerprint density at radius 1 is 1.15 bits per heavy atom. The Kier molecular flexibility index (Phi) is 6.97. The number of hydrazone groups is 1. The lowest BCUT2D eigenvalue weighted by Crippen LogP contribution is -2.44. The number of nitrogens with one attached hydrogen (secondary N) is 1. The van der Waals surface area contributed by atoms with Crippen molar-refractivity contribution in [3.05, 3.63) is 71.2 Å². The number of halogens is 1. The Bertz CT molecular complexity index is 1290. The summed E-state index contributed by atoms with van der Waals surface area (Å²) in [4.78, 5) is 12.9. The molecule has 0 bridgehead atoms. The number of fused-ring (bicyclic) bond motifs is 1. The van der Waals surface area contributed by atoms with E-state index in [4.69, 9.17) is 16.3 Å². The molecule has 3 aromatic rings. The summed E-state index contributed by atoms with van der Waals surface area (Å²) < 4.78 is 33.0. The topological polar surface area (TPSA) is 88.1 Å². The molecule has 1 fully saturated rings. The molecule has 0 spiro atoms. The molecule has 1 N–H and O–H groups in total. The molecule has 1 amide bonds. The Hall–Kier alpha value is -2.94. The van der Waals surface area contributed by atoms with Crippen molar-refractivity contribution in [1.82, 2.24) is 9.73 Å². The number of nitrogens with zero attached hydrogens (tertiary/aromatic N) is 2. The Balaban J connectivity index is 1.51. The number of carbonyl (C=O) groups excluding carboxylic acids is 1. The average Bonchev–Trinajstić information content (AvgIpc) is 3.32. The second-order valence-corrected chi connectivity index (χ2v) is 9.92. The summed E-state index contributed by atoms with van der Waals surface area (Å²) in [6, 6.07) is 16.6. The Morgan fingerprint density at radius 3 is 2.61 bits per heavy atom. The summed E-state index contributed by atoms with van der Waals surface area (Å²) in [5, 5.41) is 6.44. The number of hydrogen-bond acceptors (Lipinski definition) is 5. The molecule has 1 heterocycles. The van der Waals surface area contributed by atoms with E-state index < -0.39 is 22.0 Å². The Morgan fingerprint density at radius 2 is 1.88 bits per heavy atom. The summed E-state index contributed by atoms with van der Waals surface area (Å²) >= 11 is 5.87. The van der Waals surface area contributed by atoms with Crippen LogP contribution in [0.3, 0.4) is 0 Å². The smallest absolute Gasteiger partial charge is 0.258 e. The lowest BCUT2D eigenvalue weighted by molar-refractivity contribution is -0.124. The number of benzene rings is 3. The first-order chi connectivity index (χ1) is 15.9. The van der Waals surface area contributed by atoms with Crippen LogP contribution in [0.4, 0.5) is 0 Å². The van der Waals surface area contributed by atoms with Crippen LogP contribution < -0.4 is 10.2 Å². The number of hydrogen-bond donors (Lipinski definition) is 1. The molecule has 33 heavy (non-hydrogen) atoms. The zero-order chi connectivity index (χ0) is 23.4. The van der Waals surface area contributed by atoms with Crippen LogP contribution in [0.1, 0.15) is 25.3 Å². The molecule has 1 atom stereocenters. The van der Waals surface area contributed by atoms with Crippen molar-refractivity contribution in [1.29, 1.82) is 0 Å². The van der Waals surface area contributed by atoms with E-state index in [2.05, 4.69) is 10.5 Å². The fourth-order valence-electron chi connectivity index (χ4n) is 3.96. The van der Waals surface area contributed by atoms with E-state index in [0.29, 0.717) is 24.5 Å². The summed E-state index contributed by atoms with van der Waals surface area (Å²) in [5.41, 5.74) is 3.32. The van der Waals surface area contributed by atoms with Crippen molar-refractivity contribution >= 4 is 44.5 Å². The van der Waals surface area contributed by atoms with Crippen molar-refractivity contribution in [2.75, 3.05) is 13.2 Å². The van der Waals surface area contributed by atoms with E-state index in [1.165, 1.54) is 28.6 Å². The first-order valence-corrected chi connectivity index (χ1v) is 12.5. The molecule has 0 saturated carbocycles. The zero-order valence-electron chi connectivity index (χ0n) is 18.1. The highest BCUT2D eigenvalue weighted by Gasteiger charge is 2.39. The number of amides is 1. The SMILES string of the molecule is CCOc1ccc(/C=N\NC(=O)[C@@H]2CCCN2S(=O)(=O)c2ccc(Cl)cc2)c2ccccc12. The van der Waals surface area contributed by atoms with Gasteiger partial charge in [0.15, 0.2) is 0 Å². The lowest BCUT2D eigenvalue weighted by Gasteiger charge is -2.22. The standard InChI is InChI=1S/C24H24ClN3O4S/c1-2-32-23-14-9-17(20-6-3-4-7-21(20)23)16-26-27-24(29)22-8-5-15-28(22)33(30,31)19-12-10-18(25)11-13-19/h3-4,6-7,9-14,16,22H,2,5,8,15H2,1H3,(H,27,29)/b26-16-/t22-/m0/s1. The monoisotopic (exact) mass is 485 g/mol. The quantitative estimate of drug-likeness (QED) is 0.401. The molecular formula is C24H24ClN3O4S. The third kappa shape index (κ3) is 4.88. The number of rotatable bonds is 7. The van der Waals surface area contributed by atoms with E-state index in [0.717, 1.165) is 22.1 Å². The number of ether oxygens (including phenoxy) is 1. The molecule has 0 aromatic heterocycles. The van der Waals surface area contributed by atoms with Crippen LogP contribution in [0.25, 0.3) is 10.8 Å². The largest absolute Gasteiger partial charge is 0.493 e. The van der Waals surface area contributed by atoms with Gasteiger partial charge in [-0.05, 0) is 61.5 Å². The molecule has 172 valence electrons. The van der Waals surface area contributed by atoms with Gasteiger partial charge in [-0.25, -0.2) is 13.8 Å². The molecule has 0 aliphatic carbocycles. The van der Waals surface area contributed by atoms with Gasteiger partial charge in [-0.15, -0.1) is 0 Å². The van der Waals surface area contributed by atoms with E-state index in [1.807, 2.05) is 43.3 Å². The minimum atomic E-state index is -3.82. The minimum Gasteiger partial charge on any atom is -0.493 e. The van der Waals surface area contributed by atoms with Gasteiger partial charge in [0.25, 0.3) is 5.91 Å². The van der Waals surface area contributed by atoms with Crippen LogP contribution in [0.15, 0.2) is 70.7 Å². The van der Waals surface area contributed by atoms with Crippen LogP contribution in [0.2, 0.25) is 5.02 Å². The maximum absolute atomic E-state index is 13.0. The van der Waals surface area contributed by atoms with Gasteiger partial charge in [-0.1, -0.05) is 35.9 Å². The van der Waals surface area contributed by atoms with Crippen LogP contribution in [-0.4, -0.2) is 44.0 Å². The Labute approximate surface area is 198 Å². The van der Waals surface area contributed by atoms with Gasteiger partial charge in [0.2, 0.25) is 10.0 Å². The average molecular weight is 486 g/mol. The molecular weight excluding hydrogens is 462 g/mol. The first kappa shape index (κ1) is 23.2. The predicted molar refractivity (Wildman–Crippen MR) is 129 cm³/mol. The zero-order valence-corrected chi connectivity index (χ0v) is 19.6. The van der Waals surface area contributed by atoms with Crippen molar-refractivity contribution in [3.8, 4) is 5.75 Å². The molecule has 9 heteroatoms. The fourth-order valence-corrected chi connectivity index (χ4v) is 5.74. The van der Waals surface area contributed by atoms with E-state index in [1.54, 1.807) is 6.21 Å². The van der Waals surface area contributed by atoms with E-state index in [-0.39, 0.29) is 11.4 Å². The van der Waals surface area contributed by atoms with Gasteiger partial charge in [-0.2, -0.15) is 9.41 Å². The number of carbonyl (C=O) groups is 1. The summed E-state index contributed by atoms with van der Waals surface area (Å²) in [6.45, 7) is 2.76. The van der Waals surface area contributed by atoms with Gasteiger partial charge in [0, 0.05) is 22.5 Å². The summed E-state index contributed by atoms with van der Waals surface area (Å²) in [5.74, 6) is 0.319. The maximum Gasteiger partial charge on any atom is 0.258 e. The summed E-state index contributed by atoms with van der Waals surface area (Å²) in [6.07, 6.45) is 2.58. The van der Waals surface area contributed by atoms with E-state index in [9.17, 15) is 13.2 Å². The molecule has 0 radical (unpaired) electrons. The lowest BCUT2D eigenvalue weighted by atomic mass is 10.0. The van der Waals surface area contributed by atoms with Crippen LogP contribution in [0.5, 0.6) is 5.75 Å². The van der Waals surface area contributed by atoms with Crippen molar-refractivity contribution in [2.45, 2.75) is 30.7 Å². The number of sulfonamides is 1. The molecule has 3 aromatic carbocycles. The van der Waals surface area contributed by atoms with E-state index >= 15 is 0 Å². The van der Waals surface area contributed by atoms with Gasteiger partial charge in [0.1, 0.15) is 11.8 Å². The third-order valence-corrected chi connectivity index (χ3v) is 7.70. The second kappa shape index (κ2) is 9.91. The minimum absolute atomic E-state index is 0.107. The van der Waals surface area contributed by atoms with Crippen molar-refractivity contribution in [3.63, 3.8) is 0 Å². The van der Waals surface area contributed by atoms with Gasteiger partial charge in [0.05, 0.1) is 17.7 Å². The van der Waals surface area contributed by atoms with Crippen LogP contribution in [-0.2, 0) is 14.8 Å². The third-order valence-electron chi connectivity index (χ3n) is 5.52. The highest BCUT2D eigenvalue weighted by Crippen LogP contribution is 2.29. The van der Waals surface area contributed by atoms with Crippen molar-refractivity contribution in [2.24, 2.45) is 5.10 Å². The van der Waals surface area contributed by atoms with Gasteiger partial charge in [-0.3, -0.25) is 4.79 Å². The highest BCUT2D eigenvalue weighted by molar-refractivity contribution is 7.89. The normalized spacial score (nSPS) is 17.0. The van der Waals surface area contributed by atoms with Crippen LogP contribution in [0, 0.1) is 0 Å². The van der Waals surface area contributed by atoms with Crippen LogP contribution >= 0.6 is 11.6 Å².